The molecule has 0 fully saturated rings. The number of carbonyl (C=O) groups excluding carboxylic acids is 1. The van der Waals surface area contributed by atoms with E-state index in [2.05, 4.69) is 36.6 Å². The monoisotopic (exact) mass is 362 g/mol. The molecule has 0 saturated carbocycles. The second-order valence-corrected chi connectivity index (χ2v) is 6.45. The van der Waals surface area contributed by atoms with Crippen molar-refractivity contribution in [1.29, 1.82) is 0 Å². The number of hydrogen-bond acceptors (Lipinski definition) is 3. The number of nitrogens with one attached hydrogen (secondary N) is 2. The SMILES string of the molecule is CCc1cccc(CC)c1NC(=O)CN[C@@H](c1ccccc1)c1ccco1. The zero-order valence-electron chi connectivity index (χ0n) is 15.9. The van der Waals surface area contributed by atoms with Gasteiger partial charge in [0.05, 0.1) is 18.8 Å². The molecule has 0 aliphatic carbocycles. The van der Waals surface area contributed by atoms with Gasteiger partial charge in [0.15, 0.2) is 0 Å². The molecule has 1 aromatic heterocycles. The maximum Gasteiger partial charge on any atom is 0.238 e. The highest BCUT2D eigenvalue weighted by Gasteiger charge is 2.18. The van der Waals surface area contributed by atoms with Crippen molar-refractivity contribution in [1.82, 2.24) is 5.32 Å². The first-order valence-electron chi connectivity index (χ1n) is 9.45. The van der Waals surface area contributed by atoms with Crippen LogP contribution in [0.5, 0.6) is 0 Å². The highest BCUT2D eigenvalue weighted by Crippen LogP contribution is 2.24. The number of rotatable bonds is 8. The Balaban J connectivity index is 1.72. The minimum Gasteiger partial charge on any atom is -0.467 e. The van der Waals surface area contributed by atoms with Gasteiger partial charge in [-0.2, -0.15) is 0 Å². The lowest BCUT2D eigenvalue weighted by molar-refractivity contribution is -0.115. The van der Waals surface area contributed by atoms with Crippen LogP contribution in [0.4, 0.5) is 5.69 Å². The van der Waals surface area contributed by atoms with E-state index < -0.39 is 0 Å². The summed E-state index contributed by atoms with van der Waals surface area (Å²) in [7, 11) is 0. The molecule has 3 aromatic rings. The first kappa shape index (κ1) is 18.9. The number of carbonyl (C=O) groups is 1. The topological polar surface area (TPSA) is 54.3 Å². The van der Waals surface area contributed by atoms with Gasteiger partial charge in [0.25, 0.3) is 0 Å². The fourth-order valence-corrected chi connectivity index (χ4v) is 3.27. The molecule has 140 valence electrons. The normalized spacial score (nSPS) is 11.9. The van der Waals surface area contributed by atoms with Gasteiger partial charge in [-0.15, -0.1) is 0 Å². The van der Waals surface area contributed by atoms with Gasteiger partial charge in [0.2, 0.25) is 5.91 Å². The molecule has 2 aromatic carbocycles. The molecular formula is C23H26N2O2. The Kier molecular flexibility index (Phi) is 6.44. The van der Waals surface area contributed by atoms with Gasteiger partial charge < -0.3 is 9.73 Å². The Morgan fingerprint density at radius 2 is 1.63 bits per heavy atom. The van der Waals surface area contributed by atoms with Crippen molar-refractivity contribution < 1.29 is 9.21 Å². The van der Waals surface area contributed by atoms with Gasteiger partial charge in [-0.25, -0.2) is 0 Å². The van der Waals surface area contributed by atoms with Gasteiger partial charge in [0.1, 0.15) is 5.76 Å². The molecule has 4 heteroatoms. The van der Waals surface area contributed by atoms with E-state index in [0.29, 0.717) is 0 Å². The molecule has 3 rings (SSSR count). The minimum atomic E-state index is -0.168. The number of benzene rings is 2. The largest absolute Gasteiger partial charge is 0.467 e. The summed E-state index contributed by atoms with van der Waals surface area (Å²) in [5.74, 6) is 0.732. The lowest BCUT2D eigenvalue weighted by atomic mass is 10.0. The Labute approximate surface area is 160 Å². The van der Waals surface area contributed by atoms with Crippen molar-refractivity contribution in [3.05, 3.63) is 89.4 Å². The lowest BCUT2D eigenvalue weighted by Gasteiger charge is -2.18. The summed E-state index contributed by atoms with van der Waals surface area (Å²) in [4.78, 5) is 12.6. The van der Waals surface area contributed by atoms with E-state index in [1.54, 1.807) is 6.26 Å². The highest BCUT2D eigenvalue weighted by atomic mass is 16.3. The average molecular weight is 362 g/mol. The molecule has 4 nitrogen and oxygen atoms in total. The van der Waals surface area contributed by atoms with Crippen LogP contribution in [0.25, 0.3) is 0 Å². The van der Waals surface area contributed by atoms with Crippen LogP contribution in [0.2, 0.25) is 0 Å². The highest BCUT2D eigenvalue weighted by molar-refractivity contribution is 5.93. The summed E-state index contributed by atoms with van der Waals surface area (Å²) in [6, 6.07) is 19.8. The number of furan rings is 1. The Morgan fingerprint density at radius 3 is 2.22 bits per heavy atom. The van der Waals surface area contributed by atoms with Gasteiger partial charge >= 0.3 is 0 Å². The van der Waals surface area contributed by atoms with Crippen LogP contribution < -0.4 is 10.6 Å². The first-order chi connectivity index (χ1) is 13.2. The second-order valence-electron chi connectivity index (χ2n) is 6.45. The molecule has 1 atom stereocenters. The van der Waals surface area contributed by atoms with Gasteiger partial charge in [-0.1, -0.05) is 62.4 Å². The van der Waals surface area contributed by atoms with Crippen molar-refractivity contribution in [2.24, 2.45) is 0 Å². The first-order valence-corrected chi connectivity index (χ1v) is 9.45. The Hall–Kier alpha value is -2.85. The lowest BCUT2D eigenvalue weighted by Crippen LogP contribution is -2.32. The zero-order valence-corrected chi connectivity index (χ0v) is 15.9. The predicted octanol–water partition coefficient (Wildman–Crippen LogP) is 4.72. The van der Waals surface area contributed by atoms with Crippen molar-refractivity contribution in [2.75, 3.05) is 11.9 Å². The summed E-state index contributed by atoms with van der Waals surface area (Å²) in [6.45, 7) is 4.40. The van der Waals surface area contributed by atoms with Crippen molar-refractivity contribution >= 4 is 11.6 Å². The molecule has 0 radical (unpaired) electrons. The van der Waals surface area contributed by atoms with E-state index in [4.69, 9.17) is 4.42 Å². The Morgan fingerprint density at radius 1 is 0.926 bits per heavy atom. The summed E-state index contributed by atoms with van der Waals surface area (Å²) >= 11 is 0. The third-order valence-electron chi connectivity index (χ3n) is 4.69. The molecular weight excluding hydrogens is 336 g/mol. The van der Waals surface area contributed by atoms with E-state index in [0.717, 1.165) is 41.0 Å². The van der Waals surface area contributed by atoms with Crippen molar-refractivity contribution in [3.8, 4) is 0 Å². The van der Waals surface area contributed by atoms with Crippen LogP contribution in [0.1, 0.15) is 42.3 Å². The molecule has 0 saturated heterocycles. The second kappa shape index (κ2) is 9.19. The molecule has 0 bridgehead atoms. The predicted molar refractivity (Wildman–Crippen MR) is 109 cm³/mol. The van der Waals surface area contributed by atoms with E-state index in [1.807, 2.05) is 48.5 Å². The zero-order chi connectivity index (χ0) is 19.1. The van der Waals surface area contributed by atoms with Crippen molar-refractivity contribution in [2.45, 2.75) is 32.7 Å². The summed E-state index contributed by atoms with van der Waals surface area (Å²) in [5.41, 5.74) is 4.33. The van der Waals surface area contributed by atoms with Crippen LogP contribution in [0.15, 0.2) is 71.3 Å². The van der Waals surface area contributed by atoms with Crippen LogP contribution >= 0.6 is 0 Å². The van der Waals surface area contributed by atoms with E-state index in [1.165, 1.54) is 0 Å². The van der Waals surface area contributed by atoms with Crippen molar-refractivity contribution in [3.63, 3.8) is 0 Å². The van der Waals surface area contributed by atoms with Gasteiger partial charge in [0, 0.05) is 5.69 Å². The third kappa shape index (κ3) is 4.66. The molecule has 0 unspecified atom stereocenters. The maximum absolute atomic E-state index is 12.6. The summed E-state index contributed by atoms with van der Waals surface area (Å²) < 4.78 is 5.58. The van der Waals surface area contributed by atoms with E-state index in [-0.39, 0.29) is 18.5 Å². The molecule has 27 heavy (non-hydrogen) atoms. The number of amides is 1. The number of aryl methyl sites for hydroxylation is 2. The Bertz CT molecular complexity index is 835. The minimum absolute atomic E-state index is 0.0573. The molecule has 0 aliphatic heterocycles. The molecule has 1 heterocycles. The molecule has 1 amide bonds. The molecule has 2 N–H and O–H groups in total. The van der Waals surface area contributed by atoms with Gasteiger partial charge in [-0.3, -0.25) is 10.1 Å². The average Bonchev–Trinajstić information content (AvgIpc) is 3.23. The fraction of sp³-hybridized carbons (Fsp3) is 0.261. The van der Waals surface area contributed by atoms with Crippen LogP contribution in [0.3, 0.4) is 0 Å². The van der Waals surface area contributed by atoms with Crippen LogP contribution in [-0.2, 0) is 17.6 Å². The van der Waals surface area contributed by atoms with Crippen LogP contribution in [-0.4, -0.2) is 12.5 Å². The fourth-order valence-electron chi connectivity index (χ4n) is 3.27. The summed E-state index contributed by atoms with van der Waals surface area (Å²) in [6.07, 6.45) is 3.42. The van der Waals surface area contributed by atoms with E-state index >= 15 is 0 Å². The number of hydrogen-bond donors (Lipinski definition) is 2. The van der Waals surface area contributed by atoms with Crippen LogP contribution in [0, 0.1) is 0 Å². The van der Waals surface area contributed by atoms with Gasteiger partial charge in [-0.05, 0) is 41.7 Å². The number of para-hydroxylation sites is 1. The van der Waals surface area contributed by atoms with E-state index in [9.17, 15) is 4.79 Å². The summed E-state index contributed by atoms with van der Waals surface area (Å²) in [5, 5.41) is 6.43. The quantitative estimate of drug-likeness (QED) is 0.609. The molecule has 0 spiro atoms. The number of anilines is 1. The standard InChI is InChI=1S/C23H26N2O2/c1-3-17-12-8-13-18(4-2)22(17)25-21(26)16-24-23(20-14-9-15-27-20)19-10-6-5-7-11-19/h5-15,23-24H,3-4,16H2,1-2H3,(H,25,26)/t23-/m0/s1. The smallest absolute Gasteiger partial charge is 0.238 e. The molecule has 0 aliphatic rings. The third-order valence-corrected chi connectivity index (χ3v) is 4.69. The maximum atomic E-state index is 12.6.